The summed E-state index contributed by atoms with van der Waals surface area (Å²) >= 11 is 0. The van der Waals surface area contributed by atoms with Gasteiger partial charge in [0, 0.05) is 32.0 Å². The van der Waals surface area contributed by atoms with Crippen molar-refractivity contribution in [1.29, 1.82) is 0 Å². The molecule has 7 nitrogen and oxygen atoms in total. The van der Waals surface area contributed by atoms with Crippen molar-refractivity contribution < 1.29 is 14.3 Å². The van der Waals surface area contributed by atoms with Crippen molar-refractivity contribution in [3.05, 3.63) is 48.2 Å². The number of hydrogen-bond acceptors (Lipinski definition) is 5. The molecule has 4 rings (SSSR count). The van der Waals surface area contributed by atoms with Gasteiger partial charge in [0.2, 0.25) is 11.8 Å². The number of carbonyl (C=O) groups is 2. The van der Waals surface area contributed by atoms with E-state index in [9.17, 15) is 9.59 Å². The molecule has 2 fully saturated rings. The molecule has 0 aliphatic carbocycles. The highest BCUT2D eigenvalue weighted by atomic mass is 16.5. The van der Waals surface area contributed by atoms with E-state index in [1.807, 2.05) is 55.1 Å². The van der Waals surface area contributed by atoms with Crippen LogP contribution < -0.4 is 15.0 Å². The van der Waals surface area contributed by atoms with Gasteiger partial charge in [-0.05, 0) is 48.9 Å². The van der Waals surface area contributed by atoms with Crippen LogP contribution in [0.15, 0.2) is 42.6 Å². The van der Waals surface area contributed by atoms with Gasteiger partial charge in [0.1, 0.15) is 11.6 Å². The maximum atomic E-state index is 13.1. The number of aryl methyl sites for hydroxylation is 1. The van der Waals surface area contributed by atoms with E-state index in [2.05, 4.69) is 15.2 Å². The molecule has 2 aliphatic heterocycles. The predicted molar refractivity (Wildman–Crippen MR) is 134 cm³/mol. The van der Waals surface area contributed by atoms with E-state index in [0.717, 1.165) is 49.6 Å². The SMILES string of the molecule is COc1ccccc1CCC(=O)N1C[C@H]2CCCCN(c3ccc(NC(=O)C(C)C)cn3)[C@H]2C1. The Balaban J connectivity index is 1.41. The molecule has 0 saturated carbocycles. The first-order chi connectivity index (χ1) is 16.5. The van der Waals surface area contributed by atoms with Gasteiger partial charge in [-0.3, -0.25) is 9.59 Å². The number of benzene rings is 1. The first-order valence-corrected chi connectivity index (χ1v) is 12.4. The minimum Gasteiger partial charge on any atom is -0.496 e. The molecule has 2 aliphatic rings. The van der Waals surface area contributed by atoms with Gasteiger partial charge in [-0.15, -0.1) is 0 Å². The van der Waals surface area contributed by atoms with Gasteiger partial charge in [0.25, 0.3) is 0 Å². The topological polar surface area (TPSA) is 74.8 Å². The number of fused-ring (bicyclic) bond motifs is 1. The molecule has 2 atom stereocenters. The third-order valence-electron chi connectivity index (χ3n) is 7.02. The van der Waals surface area contributed by atoms with Gasteiger partial charge in [0.05, 0.1) is 25.0 Å². The monoisotopic (exact) mass is 464 g/mol. The molecule has 1 aromatic heterocycles. The van der Waals surface area contributed by atoms with Gasteiger partial charge >= 0.3 is 0 Å². The Labute approximate surface area is 202 Å². The lowest BCUT2D eigenvalue weighted by Crippen LogP contribution is -2.41. The predicted octanol–water partition coefficient (Wildman–Crippen LogP) is 4.13. The van der Waals surface area contributed by atoms with Gasteiger partial charge in [0.15, 0.2) is 0 Å². The van der Waals surface area contributed by atoms with E-state index in [1.54, 1.807) is 13.3 Å². The number of pyridine rings is 1. The van der Waals surface area contributed by atoms with Crippen LogP contribution in [0.2, 0.25) is 0 Å². The Morgan fingerprint density at radius 2 is 1.97 bits per heavy atom. The zero-order valence-corrected chi connectivity index (χ0v) is 20.5. The fraction of sp³-hybridized carbons (Fsp3) is 0.519. The Hall–Kier alpha value is -3.09. The molecule has 2 aromatic rings. The molecule has 0 spiro atoms. The first-order valence-electron chi connectivity index (χ1n) is 12.4. The lowest BCUT2D eigenvalue weighted by Gasteiger charge is -2.31. The summed E-state index contributed by atoms with van der Waals surface area (Å²) in [6.45, 7) is 6.24. The van der Waals surface area contributed by atoms with Crippen molar-refractivity contribution in [2.45, 2.75) is 52.0 Å². The second-order valence-corrected chi connectivity index (χ2v) is 9.68. The molecule has 7 heteroatoms. The quantitative estimate of drug-likeness (QED) is 0.667. The molecule has 0 radical (unpaired) electrons. The van der Waals surface area contributed by atoms with Crippen LogP contribution in [0.5, 0.6) is 5.75 Å². The standard InChI is InChI=1S/C27H36N4O3/c1-19(2)27(33)29-22-12-13-25(28-16-22)31-15-7-6-9-21-17-30(18-23(21)31)26(32)14-11-20-8-4-5-10-24(20)34-3/h4-5,8,10,12-13,16,19,21,23H,6-7,9,11,14-15,17-18H2,1-3H3,(H,29,33)/t21-,23+/m1/s1. The lowest BCUT2D eigenvalue weighted by molar-refractivity contribution is -0.130. The van der Waals surface area contributed by atoms with Gasteiger partial charge in [-0.25, -0.2) is 4.98 Å². The molecule has 1 N–H and O–H groups in total. The van der Waals surface area contributed by atoms with Gasteiger partial charge in [-0.2, -0.15) is 0 Å². The number of nitrogens with zero attached hydrogens (tertiary/aromatic N) is 3. The largest absolute Gasteiger partial charge is 0.496 e. The summed E-state index contributed by atoms with van der Waals surface area (Å²) in [5.41, 5.74) is 1.79. The summed E-state index contributed by atoms with van der Waals surface area (Å²) < 4.78 is 5.44. The number of amides is 2. The molecule has 0 bridgehead atoms. The number of methoxy groups -OCH3 is 1. The fourth-order valence-corrected chi connectivity index (χ4v) is 5.06. The van der Waals surface area contributed by atoms with Crippen LogP contribution >= 0.6 is 0 Å². The number of ether oxygens (including phenoxy) is 1. The van der Waals surface area contributed by atoms with Crippen LogP contribution in [0.1, 0.15) is 45.1 Å². The molecule has 34 heavy (non-hydrogen) atoms. The van der Waals surface area contributed by atoms with E-state index in [0.29, 0.717) is 24.4 Å². The minimum absolute atomic E-state index is 0.0116. The molecule has 2 saturated heterocycles. The maximum absolute atomic E-state index is 13.1. The summed E-state index contributed by atoms with van der Waals surface area (Å²) in [4.78, 5) is 34.2. The molecule has 2 amide bonds. The second kappa shape index (κ2) is 10.9. The molecular weight excluding hydrogens is 428 g/mol. The average molecular weight is 465 g/mol. The fourth-order valence-electron chi connectivity index (χ4n) is 5.06. The smallest absolute Gasteiger partial charge is 0.226 e. The van der Waals surface area contributed by atoms with Crippen molar-refractivity contribution in [1.82, 2.24) is 9.88 Å². The third-order valence-corrected chi connectivity index (χ3v) is 7.02. The number of rotatable bonds is 7. The summed E-state index contributed by atoms with van der Waals surface area (Å²) in [6.07, 6.45) is 6.35. The van der Waals surface area contributed by atoms with Crippen molar-refractivity contribution in [3.8, 4) is 5.75 Å². The zero-order valence-electron chi connectivity index (χ0n) is 20.5. The van der Waals surface area contributed by atoms with Crippen LogP contribution in [0.25, 0.3) is 0 Å². The van der Waals surface area contributed by atoms with Crippen LogP contribution in [0.4, 0.5) is 11.5 Å². The van der Waals surface area contributed by atoms with Crippen molar-refractivity contribution >= 4 is 23.3 Å². The lowest BCUT2D eigenvalue weighted by atomic mass is 9.98. The van der Waals surface area contributed by atoms with Crippen molar-refractivity contribution in [2.75, 3.05) is 37.0 Å². The average Bonchev–Trinajstić information content (AvgIpc) is 3.17. The van der Waals surface area contributed by atoms with E-state index < -0.39 is 0 Å². The highest BCUT2D eigenvalue weighted by molar-refractivity contribution is 5.91. The Morgan fingerprint density at radius 3 is 2.71 bits per heavy atom. The Kier molecular flexibility index (Phi) is 7.70. The molecule has 1 aromatic carbocycles. The minimum atomic E-state index is -0.0731. The van der Waals surface area contributed by atoms with E-state index in [4.69, 9.17) is 4.74 Å². The molecular formula is C27H36N4O3. The highest BCUT2D eigenvalue weighted by Gasteiger charge is 2.39. The number of aromatic nitrogens is 1. The first kappa shape index (κ1) is 24.0. The van der Waals surface area contributed by atoms with E-state index in [-0.39, 0.29) is 23.8 Å². The van der Waals surface area contributed by atoms with Crippen LogP contribution in [-0.4, -0.2) is 54.5 Å². The van der Waals surface area contributed by atoms with Crippen LogP contribution in [0, 0.1) is 11.8 Å². The summed E-state index contributed by atoms with van der Waals surface area (Å²) in [6, 6.07) is 12.1. The number of hydrogen-bond donors (Lipinski definition) is 1. The summed E-state index contributed by atoms with van der Waals surface area (Å²) in [7, 11) is 1.67. The summed E-state index contributed by atoms with van der Waals surface area (Å²) in [5, 5.41) is 2.91. The Morgan fingerprint density at radius 1 is 1.15 bits per heavy atom. The number of carbonyl (C=O) groups excluding carboxylic acids is 2. The van der Waals surface area contributed by atoms with Gasteiger partial charge < -0.3 is 19.9 Å². The van der Waals surface area contributed by atoms with Crippen LogP contribution in [0.3, 0.4) is 0 Å². The number of likely N-dealkylation sites (tertiary alicyclic amines) is 1. The van der Waals surface area contributed by atoms with E-state index in [1.165, 1.54) is 6.42 Å². The van der Waals surface area contributed by atoms with Gasteiger partial charge in [-0.1, -0.05) is 38.5 Å². The molecule has 3 heterocycles. The van der Waals surface area contributed by atoms with E-state index >= 15 is 0 Å². The number of para-hydroxylation sites is 1. The van der Waals surface area contributed by atoms with Crippen molar-refractivity contribution in [2.24, 2.45) is 11.8 Å². The molecule has 182 valence electrons. The normalized spacial score (nSPS) is 20.1. The molecule has 0 unspecified atom stereocenters. The van der Waals surface area contributed by atoms with Crippen LogP contribution in [-0.2, 0) is 16.0 Å². The second-order valence-electron chi connectivity index (χ2n) is 9.68. The van der Waals surface area contributed by atoms with Crippen molar-refractivity contribution in [3.63, 3.8) is 0 Å². The number of nitrogens with one attached hydrogen (secondary N) is 1. The summed E-state index contributed by atoms with van der Waals surface area (Å²) in [5.74, 6) is 2.34. The maximum Gasteiger partial charge on any atom is 0.226 e. The number of anilines is 2. The Bertz CT molecular complexity index is 992. The highest BCUT2D eigenvalue weighted by Crippen LogP contribution is 2.33. The third kappa shape index (κ3) is 5.51. The zero-order chi connectivity index (χ0) is 24.1.